The molecule has 0 aliphatic rings. The summed E-state index contributed by atoms with van der Waals surface area (Å²) in [5.74, 6) is -11.5. The molecule has 0 aliphatic heterocycles. The number of benzene rings is 2. The molecule has 0 atom stereocenters. The maximum Gasteiger partial charge on any atom is 0.229 e. The highest BCUT2D eigenvalue weighted by Gasteiger charge is 2.27. The Bertz CT molecular complexity index is 1030. The van der Waals surface area contributed by atoms with Crippen LogP contribution in [0.4, 0.5) is 27.6 Å². The second kappa shape index (κ2) is 7.41. The summed E-state index contributed by atoms with van der Waals surface area (Å²) in [7, 11) is 0. The van der Waals surface area contributed by atoms with E-state index < -0.39 is 47.0 Å². The van der Waals surface area contributed by atoms with Gasteiger partial charge in [0.15, 0.2) is 23.3 Å². The Morgan fingerprint density at radius 1 is 0.929 bits per heavy atom. The second-order valence-corrected chi connectivity index (χ2v) is 6.07. The Morgan fingerprint density at radius 3 is 2.04 bits per heavy atom. The van der Waals surface area contributed by atoms with Crippen LogP contribution in [-0.2, 0) is 11.2 Å². The second-order valence-electron chi connectivity index (χ2n) is 6.07. The molecule has 28 heavy (non-hydrogen) atoms. The first-order valence-corrected chi connectivity index (χ1v) is 8.14. The van der Waals surface area contributed by atoms with Gasteiger partial charge in [0.05, 0.1) is 29.2 Å². The third kappa shape index (κ3) is 3.35. The fourth-order valence-electron chi connectivity index (χ4n) is 2.79. The summed E-state index contributed by atoms with van der Waals surface area (Å²) in [4.78, 5) is 12.2. The smallest absolute Gasteiger partial charge is 0.229 e. The van der Waals surface area contributed by atoms with Crippen LogP contribution in [0.5, 0.6) is 0 Å². The molecule has 146 valence electrons. The molecule has 1 amide bonds. The average molecular weight is 395 g/mol. The summed E-state index contributed by atoms with van der Waals surface area (Å²) in [6.07, 6.45) is -1.03. The molecule has 0 unspecified atom stereocenters. The van der Waals surface area contributed by atoms with Gasteiger partial charge in [0.2, 0.25) is 11.7 Å². The van der Waals surface area contributed by atoms with Gasteiger partial charge in [-0.1, -0.05) is 18.2 Å². The molecule has 0 aliphatic carbocycles. The molecular weight excluding hydrogens is 381 g/mol. The molecule has 0 fully saturated rings. The molecule has 0 radical (unpaired) electrons. The predicted octanol–water partition coefficient (Wildman–Crippen LogP) is 4.37. The largest absolute Gasteiger partial charge is 0.323 e. The lowest BCUT2D eigenvalue weighted by atomic mass is 10.1. The van der Waals surface area contributed by atoms with Crippen molar-refractivity contribution in [3.8, 4) is 5.69 Å². The normalized spacial score (nSPS) is 11.0. The maximum atomic E-state index is 13.8. The molecule has 3 rings (SSSR count). The molecule has 1 N–H and O–H groups in total. The van der Waals surface area contributed by atoms with Gasteiger partial charge in [0, 0.05) is 5.56 Å². The van der Waals surface area contributed by atoms with E-state index in [9.17, 15) is 26.7 Å². The lowest BCUT2D eigenvalue weighted by Crippen LogP contribution is -2.19. The lowest BCUT2D eigenvalue weighted by molar-refractivity contribution is -0.115. The quantitative estimate of drug-likeness (QED) is 0.405. The fraction of sp³-hybridized carbons (Fsp3) is 0.158. The van der Waals surface area contributed by atoms with Crippen molar-refractivity contribution in [1.29, 1.82) is 0 Å². The molecule has 2 aromatic carbocycles. The fourth-order valence-corrected chi connectivity index (χ4v) is 2.79. The van der Waals surface area contributed by atoms with Gasteiger partial charge in [0.1, 0.15) is 0 Å². The molecule has 0 spiro atoms. The first-order valence-electron chi connectivity index (χ1n) is 8.14. The molecule has 1 heterocycles. The van der Waals surface area contributed by atoms with Crippen molar-refractivity contribution in [2.75, 3.05) is 5.32 Å². The Hall–Kier alpha value is -3.23. The zero-order valence-corrected chi connectivity index (χ0v) is 14.8. The minimum absolute atomic E-state index is 0.290. The minimum atomic E-state index is -2.27. The van der Waals surface area contributed by atoms with Crippen LogP contribution in [0.2, 0.25) is 0 Å². The van der Waals surface area contributed by atoms with E-state index in [0.29, 0.717) is 11.4 Å². The highest BCUT2D eigenvalue weighted by atomic mass is 19.2. The summed E-state index contributed by atoms with van der Waals surface area (Å²) in [6, 6.07) is 9.00. The van der Waals surface area contributed by atoms with E-state index in [4.69, 9.17) is 0 Å². The Kier molecular flexibility index (Phi) is 5.17. The maximum absolute atomic E-state index is 13.8. The number of aryl methyl sites for hydroxylation is 1. The number of carbonyl (C=O) groups is 1. The van der Waals surface area contributed by atoms with Gasteiger partial charge in [-0.2, -0.15) is 5.10 Å². The third-order valence-corrected chi connectivity index (χ3v) is 4.19. The van der Waals surface area contributed by atoms with Gasteiger partial charge in [-0.05, 0) is 26.0 Å². The number of nitrogens with one attached hydrogen (secondary N) is 1. The molecule has 0 saturated heterocycles. The molecule has 9 heteroatoms. The predicted molar refractivity (Wildman–Crippen MR) is 91.6 cm³/mol. The van der Waals surface area contributed by atoms with E-state index >= 15 is 0 Å². The SMILES string of the molecule is Cc1nn(-c2ccccc2)c(C)c1NC(=O)Cc1c(F)c(F)c(F)c(F)c1F. The zero-order valence-electron chi connectivity index (χ0n) is 14.8. The number of amides is 1. The van der Waals surface area contributed by atoms with Crippen LogP contribution in [0.25, 0.3) is 5.69 Å². The van der Waals surface area contributed by atoms with E-state index in [0.717, 1.165) is 5.69 Å². The van der Waals surface area contributed by atoms with Crippen molar-refractivity contribution in [2.45, 2.75) is 20.3 Å². The topological polar surface area (TPSA) is 46.9 Å². The van der Waals surface area contributed by atoms with Gasteiger partial charge >= 0.3 is 0 Å². The van der Waals surface area contributed by atoms with E-state index in [1.807, 2.05) is 6.07 Å². The lowest BCUT2D eigenvalue weighted by Gasteiger charge is -2.10. The van der Waals surface area contributed by atoms with Crippen LogP contribution in [0.3, 0.4) is 0 Å². The van der Waals surface area contributed by atoms with Crippen LogP contribution < -0.4 is 5.32 Å². The van der Waals surface area contributed by atoms with Crippen molar-refractivity contribution in [2.24, 2.45) is 0 Å². The number of hydrogen-bond donors (Lipinski definition) is 1. The van der Waals surface area contributed by atoms with E-state index in [2.05, 4.69) is 10.4 Å². The minimum Gasteiger partial charge on any atom is -0.323 e. The van der Waals surface area contributed by atoms with Crippen molar-refractivity contribution in [1.82, 2.24) is 9.78 Å². The van der Waals surface area contributed by atoms with Gasteiger partial charge < -0.3 is 5.32 Å². The standard InChI is InChI=1S/C19H14F5N3O/c1-9-19(10(2)27(26-9)11-6-4-3-5-7-11)25-13(28)8-12-14(20)16(22)18(24)17(23)15(12)21/h3-7H,8H2,1-2H3,(H,25,28). The zero-order chi connectivity index (χ0) is 20.6. The highest BCUT2D eigenvalue weighted by Crippen LogP contribution is 2.25. The van der Waals surface area contributed by atoms with Gasteiger partial charge in [-0.15, -0.1) is 0 Å². The number of aromatic nitrogens is 2. The summed E-state index contributed by atoms with van der Waals surface area (Å²) < 4.78 is 68.8. The van der Waals surface area contributed by atoms with Crippen LogP contribution in [0.15, 0.2) is 30.3 Å². The summed E-state index contributed by atoms with van der Waals surface area (Å²) >= 11 is 0. The monoisotopic (exact) mass is 395 g/mol. The van der Waals surface area contributed by atoms with E-state index in [1.165, 1.54) is 0 Å². The Balaban J connectivity index is 1.89. The number of nitrogens with zero attached hydrogens (tertiary/aromatic N) is 2. The third-order valence-electron chi connectivity index (χ3n) is 4.19. The number of halogens is 5. The number of hydrogen-bond acceptors (Lipinski definition) is 2. The molecule has 0 bridgehead atoms. The van der Waals surface area contributed by atoms with Crippen molar-refractivity contribution >= 4 is 11.6 Å². The van der Waals surface area contributed by atoms with Crippen molar-refractivity contribution in [3.05, 3.63) is 76.4 Å². The van der Waals surface area contributed by atoms with E-state index in [1.54, 1.807) is 42.8 Å². The Labute approximate surface area is 156 Å². The van der Waals surface area contributed by atoms with Crippen LogP contribution in [0, 0.1) is 42.9 Å². The summed E-state index contributed by atoms with van der Waals surface area (Å²) in [6.45, 7) is 3.28. The van der Waals surface area contributed by atoms with Gasteiger partial charge in [0.25, 0.3) is 0 Å². The summed E-state index contributed by atoms with van der Waals surface area (Å²) in [5, 5.41) is 6.73. The molecule has 3 aromatic rings. The van der Waals surface area contributed by atoms with Gasteiger partial charge in [-0.25, -0.2) is 26.6 Å². The van der Waals surface area contributed by atoms with Crippen molar-refractivity contribution in [3.63, 3.8) is 0 Å². The molecule has 1 aromatic heterocycles. The van der Waals surface area contributed by atoms with Crippen LogP contribution in [0.1, 0.15) is 17.0 Å². The van der Waals surface area contributed by atoms with Crippen LogP contribution in [-0.4, -0.2) is 15.7 Å². The number of anilines is 1. The number of carbonyl (C=O) groups excluding carboxylic acids is 1. The first kappa shape index (κ1) is 19.5. The Morgan fingerprint density at radius 2 is 1.46 bits per heavy atom. The first-order chi connectivity index (χ1) is 13.2. The number of rotatable bonds is 4. The molecule has 0 saturated carbocycles. The summed E-state index contributed by atoms with van der Waals surface area (Å²) in [5.41, 5.74) is 0.780. The van der Waals surface area contributed by atoms with Gasteiger partial charge in [-0.3, -0.25) is 4.79 Å². The highest BCUT2D eigenvalue weighted by molar-refractivity contribution is 5.93. The average Bonchev–Trinajstić information content (AvgIpc) is 2.97. The van der Waals surface area contributed by atoms with Crippen LogP contribution >= 0.6 is 0 Å². The van der Waals surface area contributed by atoms with E-state index in [-0.39, 0.29) is 5.69 Å². The number of para-hydroxylation sites is 1. The molecular formula is C19H14F5N3O. The van der Waals surface area contributed by atoms with Crippen molar-refractivity contribution < 1.29 is 26.7 Å². The molecule has 4 nitrogen and oxygen atoms in total.